The van der Waals surface area contributed by atoms with Gasteiger partial charge in [-0.1, -0.05) is 126 Å². The molecule has 206 valence electrons. The Morgan fingerprint density at radius 1 is 0.529 bits per heavy atom. The van der Waals surface area contributed by atoms with Crippen LogP contribution in [0.2, 0.25) is 0 Å². The molecule has 34 heavy (non-hydrogen) atoms. The predicted molar refractivity (Wildman–Crippen MR) is 165 cm³/mol. The predicted octanol–water partition coefficient (Wildman–Crippen LogP) is 11.0. The minimum Gasteiger partial charge on any atom is -0.393 e. The van der Waals surface area contributed by atoms with Gasteiger partial charge in [-0.15, -0.1) is 0 Å². The molecule has 0 saturated carbocycles. The summed E-state index contributed by atoms with van der Waals surface area (Å²) >= 11 is 0. The Hall–Kier alpha value is 1.32. The Labute approximate surface area is 229 Å². The molecule has 0 aromatic heterocycles. The van der Waals surface area contributed by atoms with E-state index in [1.807, 2.05) is 41.2 Å². The lowest BCUT2D eigenvalue weighted by Gasteiger charge is -2.31. The summed E-state index contributed by atoms with van der Waals surface area (Å²) in [6.45, 7) is 13.6. The molecule has 0 bridgehead atoms. The summed E-state index contributed by atoms with van der Waals surface area (Å²) < 4.78 is 0.222. The Kier molecular flexibility index (Phi) is 23.2. The molecule has 0 aliphatic rings. The van der Waals surface area contributed by atoms with Gasteiger partial charge in [-0.05, 0) is 72.0 Å². The van der Waals surface area contributed by atoms with Crippen LogP contribution in [-0.4, -0.2) is 31.9 Å². The van der Waals surface area contributed by atoms with Crippen LogP contribution in [-0.2, 0) is 0 Å². The largest absolute Gasteiger partial charge is 0.393 e. The van der Waals surface area contributed by atoms with E-state index in [9.17, 15) is 10.2 Å². The lowest BCUT2D eigenvalue weighted by molar-refractivity contribution is 0.138. The number of hydrogen-bond donors (Lipinski definition) is 2. The monoisotopic (exact) mass is 554 g/mol. The van der Waals surface area contributed by atoms with Crippen LogP contribution in [0.5, 0.6) is 0 Å². The van der Waals surface area contributed by atoms with Crippen LogP contribution in [0.15, 0.2) is 0 Å². The van der Waals surface area contributed by atoms with E-state index in [4.69, 9.17) is 0 Å². The third-order valence-electron chi connectivity index (χ3n) is 7.11. The van der Waals surface area contributed by atoms with Crippen molar-refractivity contribution in [3.63, 3.8) is 0 Å². The van der Waals surface area contributed by atoms with Gasteiger partial charge in [-0.2, -0.15) is 0 Å². The topological polar surface area (TPSA) is 40.5 Å². The van der Waals surface area contributed by atoms with E-state index in [0.29, 0.717) is 0 Å². The maximum absolute atomic E-state index is 10.6. The third kappa shape index (κ3) is 19.4. The van der Waals surface area contributed by atoms with Gasteiger partial charge < -0.3 is 10.2 Å². The first-order valence-electron chi connectivity index (χ1n) is 14.3. The van der Waals surface area contributed by atoms with Crippen molar-refractivity contribution in [1.29, 1.82) is 0 Å². The first-order valence-corrected chi connectivity index (χ1v) is 19.1. The molecular weight excluding hydrogens is 497 g/mol. The lowest BCUT2D eigenvalue weighted by atomic mass is 9.96. The average Bonchev–Trinajstić information content (AvgIpc) is 2.81. The van der Waals surface area contributed by atoms with Crippen molar-refractivity contribution in [1.82, 2.24) is 0 Å². The fourth-order valence-electron chi connectivity index (χ4n) is 4.19. The fraction of sp³-hybridized carbons (Fsp3) is 1.00. The van der Waals surface area contributed by atoms with E-state index in [1.165, 1.54) is 64.2 Å². The summed E-state index contributed by atoms with van der Waals surface area (Å²) in [6.07, 6.45) is 20.8. The zero-order valence-electron chi connectivity index (χ0n) is 23.4. The van der Waals surface area contributed by atoms with Crippen LogP contribution in [0.3, 0.4) is 0 Å². The Bertz CT molecular complexity index is 414. The minimum absolute atomic E-state index is 0.111. The van der Waals surface area contributed by atoms with E-state index in [0.717, 1.165) is 51.4 Å². The smallest absolute Gasteiger partial charge is 0.0553 e. The van der Waals surface area contributed by atoms with Crippen molar-refractivity contribution >= 4 is 41.2 Å². The lowest BCUT2D eigenvalue weighted by Crippen LogP contribution is -2.26. The molecule has 0 aliphatic heterocycles. The molecule has 0 heterocycles. The van der Waals surface area contributed by atoms with Gasteiger partial charge in [0.25, 0.3) is 0 Å². The molecule has 0 aromatic carbocycles. The quantitative estimate of drug-likeness (QED) is 0.0863. The van der Waals surface area contributed by atoms with Gasteiger partial charge in [0.1, 0.15) is 0 Å². The van der Waals surface area contributed by atoms with E-state index in [1.54, 1.807) is 0 Å². The van der Waals surface area contributed by atoms with E-state index >= 15 is 0 Å². The third-order valence-corrected chi connectivity index (χ3v) is 15.2. The Balaban J connectivity index is 4.19. The SMILES string of the molecule is CCCCCCCCC(O)CC(C)(CC)SSSSC(C)(CC)CC(O)CCCCCCCC. The Morgan fingerprint density at radius 3 is 1.18 bits per heavy atom. The highest BCUT2D eigenvalue weighted by molar-refractivity contribution is 9.26. The number of unbranched alkanes of at least 4 members (excludes halogenated alkanes) is 10. The molecule has 0 rings (SSSR count). The molecule has 2 N–H and O–H groups in total. The molecular formula is C28H58O2S4. The second kappa shape index (κ2) is 22.3. The summed E-state index contributed by atoms with van der Waals surface area (Å²) in [5.74, 6) is 0. The van der Waals surface area contributed by atoms with Crippen molar-refractivity contribution in [2.75, 3.05) is 0 Å². The van der Waals surface area contributed by atoms with Gasteiger partial charge in [-0.25, -0.2) is 0 Å². The second-order valence-corrected chi connectivity index (χ2v) is 17.6. The minimum atomic E-state index is -0.181. The van der Waals surface area contributed by atoms with Crippen LogP contribution in [0, 0.1) is 0 Å². The number of aliphatic hydroxyl groups is 2. The average molecular weight is 555 g/mol. The highest BCUT2D eigenvalue weighted by Gasteiger charge is 2.30. The van der Waals surface area contributed by atoms with Crippen LogP contribution < -0.4 is 0 Å². The van der Waals surface area contributed by atoms with E-state index in [-0.39, 0.29) is 21.7 Å². The molecule has 0 saturated heterocycles. The molecule has 0 radical (unpaired) electrons. The Morgan fingerprint density at radius 2 is 0.853 bits per heavy atom. The number of aliphatic hydroxyl groups excluding tert-OH is 2. The number of hydrogen-bond acceptors (Lipinski definition) is 6. The number of rotatable bonds is 25. The van der Waals surface area contributed by atoms with Crippen molar-refractivity contribution in [2.24, 2.45) is 0 Å². The van der Waals surface area contributed by atoms with Gasteiger partial charge in [0.15, 0.2) is 0 Å². The van der Waals surface area contributed by atoms with E-state index in [2.05, 4.69) is 41.5 Å². The zero-order valence-corrected chi connectivity index (χ0v) is 26.7. The standard InChI is InChI=1S/C28H58O2S4/c1-7-11-13-15-17-19-21-25(29)23-27(5,9-3)31-33-34-32-28(6,10-4)24-26(30)22-20-18-16-14-12-8-2/h25-26,29-30H,7-24H2,1-6H3. The van der Waals surface area contributed by atoms with Gasteiger partial charge in [0.05, 0.1) is 12.2 Å². The molecule has 0 fully saturated rings. The maximum atomic E-state index is 10.6. The fourth-order valence-corrected chi connectivity index (χ4v) is 12.6. The first-order chi connectivity index (χ1) is 16.2. The van der Waals surface area contributed by atoms with Crippen LogP contribution >= 0.6 is 41.2 Å². The molecule has 6 heteroatoms. The van der Waals surface area contributed by atoms with Crippen molar-refractivity contribution in [3.8, 4) is 0 Å². The van der Waals surface area contributed by atoms with Crippen molar-refractivity contribution < 1.29 is 10.2 Å². The molecule has 0 aliphatic carbocycles. The highest BCUT2D eigenvalue weighted by atomic mass is 33.7. The molecule has 4 atom stereocenters. The summed E-state index contributed by atoms with van der Waals surface area (Å²) in [4.78, 5) is 0. The van der Waals surface area contributed by atoms with Crippen LogP contribution in [0.1, 0.15) is 157 Å². The van der Waals surface area contributed by atoms with Crippen LogP contribution in [0.25, 0.3) is 0 Å². The summed E-state index contributed by atoms with van der Waals surface area (Å²) in [5.41, 5.74) is 0. The maximum Gasteiger partial charge on any atom is 0.0553 e. The van der Waals surface area contributed by atoms with Gasteiger partial charge in [0.2, 0.25) is 0 Å². The van der Waals surface area contributed by atoms with Gasteiger partial charge in [0, 0.05) is 9.49 Å². The normalized spacial score (nSPS) is 17.3. The van der Waals surface area contributed by atoms with Gasteiger partial charge in [-0.3, -0.25) is 0 Å². The summed E-state index contributed by atoms with van der Waals surface area (Å²) in [5, 5.41) is 21.2. The molecule has 2 nitrogen and oxygen atoms in total. The summed E-state index contributed by atoms with van der Waals surface area (Å²) in [6, 6.07) is 0. The second-order valence-electron chi connectivity index (χ2n) is 10.7. The zero-order chi connectivity index (χ0) is 25.7. The molecule has 0 spiro atoms. The molecule has 0 amide bonds. The highest BCUT2D eigenvalue weighted by Crippen LogP contribution is 2.55. The van der Waals surface area contributed by atoms with E-state index < -0.39 is 0 Å². The molecule has 0 aromatic rings. The molecule has 4 unspecified atom stereocenters. The summed E-state index contributed by atoms with van der Waals surface area (Å²) in [7, 11) is 7.60. The van der Waals surface area contributed by atoms with Crippen molar-refractivity contribution in [2.45, 2.75) is 179 Å². The van der Waals surface area contributed by atoms with Crippen LogP contribution in [0.4, 0.5) is 0 Å². The van der Waals surface area contributed by atoms with Gasteiger partial charge >= 0.3 is 0 Å². The first kappa shape index (κ1) is 35.3. The van der Waals surface area contributed by atoms with Crippen molar-refractivity contribution in [3.05, 3.63) is 0 Å².